The van der Waals surface area contributed by atoms with Crippen molar-refractivity contribution in [3.05, 3.63) is 0 Å². The van der Waals surface area contributed by atoms with Gasteiger partial charge in [-0.1, -0.05) is 19.3 Å². The van der Waals surface area contributed by atoms with E-state index in [1.165, 1.54) is 19.3 Å². The van der Waals surface area contributed by atoms with Gasteiger partial charge in [0.25, 0.3) is 0 Å². The summed E-state index contributed by atoms with van der Waals surface area (Å²) >= 11 is 0. The summed E-state index contributed by atoms with van der Waals surface area (Å²) < 4.78 is 15.0. The minimum Gasteiger partial charge on any atom is -0.447 e. The van der Waals surface area contributed by atoms with E-state index < -0.39 is 0 Å². The van der Waals surface area contributed by atoms with Crippen LogP contribution in [0.1, 0.15) is 32.1 Å². The summed E-state index contributed by atoms with van der Waals surface area (Å²) in [5.41, 5.74) is 0. The summed E-state index contributed by atoms with van der Waals surface area (Å²) in [7, 11) is 1.62. The highest BCUT2D eigenvalue weighted by atomic mass is 16.6. The molecule has 0 heterocycles. The van der Waals surface area contributed by atoms with Crippen LogP contribution in [0.2, 0.25) is 0 Å². The fourth-order valence-corrected chi connectivity index (χ4v) is 1.89. The first-order valence-electron chi connectivity index (χ1n) is 6.33. The molecule has 0 radical (unpaired) electrons. The average molecular weight is 245 g/mol. The molecular formula is C12H23NO4. The van der Waals surface area contributed by atoms with Gasteiger partial charge >= 0.3 is 6.09 Å². The Morgan fingerprint density at radius 1 is 1.12 bits per heavy atom. The number of carbonyl (C=O) groups is 1. The highest BCUT2D eigenvalue weighted by Crippen LogP contribution is 2.17. The molecule has 1 aliphatic carbocycles. The standard InChI is InChI=1S/C12H23NO4/c1-15-7-8-16-9-10-17-12(14)13-11-5-3-2-4-6-11/h11H,2-10H2,1H3,(H,13,14). The van der Waals surface area contributed by atoms with E-state index in [0.29, 0.717) is 32.5 Å². The first kappa shape index (κ1) is 14.3. The number of ether oxygens (including phenoxy) is 3. The smallest absolute Gasteiger partial charge is 0.407 e. The molecule has 1 saturated carbocycles. The van der Waals surface area contributed by atoms with Gasteiger partial charge < -0.3 is 19.5 Å². The van der Waals surface area contributed by atoms with E-state index in [9.17, 15) is 4.79 Å². The van der Waals surface area contributed by atoms with E-state index in [1.807, 2.05) is 0 Å². The second-order valence-electron chi connectivity index (χ2n) is 4.22. The van der Waals surface area contributed by atoms with Gasteiger partial charge in [-0.2, -0.15) is 0 Å². The van der Waals surface area contributed by atoms with Crippen molar-refractivity contribution in [3.8, 4) is 0 Å². The summed E-state index contributed by atoms with van der Waals surface area (Å²) in [6.45, 7) is 1.81. The third-order valence-electron chi connectivity index (χ3n) is 2.82. The Hall–Kier alpha value is -0.810. The van der Waals surface area contributed by atoms with Crippen molar-refractivity contribution < 1.29 is 19.0 Å². The van der Waals surface area contributed by atoms with Gasteiger partial charge in [0, 0.05) is 13.2 Å². The maximum atomic E-state index is 11.4. The van der Waals surface area contributed by atoms with Crippen molar-refractivity contribution in [1.29, 1.82) is 0 Å². The first-order valence-corrected chi connectivity index (χ1v) is 6.33. The molecule has 1 amide bonds. The maximum absolute atomic E-state index is 11.4. The lowest BCUT2D eigenvalue weighted by molar-refractivity contribution is 0.0413. The van der Waals surface area contributed by atoms with Crippen LogP contribution in [0, 0.1) is 0 Å². The minimum atomic E-state index is -0.327. The molecule has 17 heavy (non-hydrogen) atoms. The van der Waals surface area contributed by atoms with E-state index >= 15 is 0 Å². The van der Waals surface area contributed by atoms with Gasteiger partial charge in [-0.25, -0.2) is 4.79 Å². The van der Waals surface area contributed by atoms with Gasteiger partial charge in [-0.05, 0) is 12.8 Å². The number of hydrogen-bond acceptors (Lipinski definition) is 4. The fourth-order valence-electron chi connectivity index (χ4n) is 1.89. The minimum absolute atomic E-state index is 0.294. The molecule has 0 bridgehead atoms. The van der Waals surface area contributed by atoms with Crippen LogP contribution in [0.3, 0.4) is 0 Å². The molecule has 0 spiro atoms. The zero-order valence-electron chi connectivity index (χ0n) is 10.6. The molecule has 0 aromatic heterocycles. The molecule has 0 aromatic carbocycles. The Kier molecular flexibility index (Phi) is 7.75. The second-order valence-corrected chi connectivity index (χ2v) is 4.22. The number of amides is 1. The van der Waals surface area contributed by atoms with Crippen molar-refractivity contribution in [1.82, 2.24) is 5.32 Å². The SMILES string of the molecule is COCCOCCOC(=O)NC1CCCCC1. The quantitative estimate of drug-likeness (QED) is 0.694. The lowest BCUT2D eigenvalue weighted by atomic mass is 9.96. The van der Waals surface area contributed by atoms with Crippen LogP contribution >= 0.6 is 0 Å². The molecule has 0 atom stereocenters. The molecule has 1 aliphatic rings. The summed E-state index contributed by atoms with van der Waals surface area (Å²) in [5.74, 6) is 0. The zero-order chi connectivity index (χ0) is 12.3. The van der Waals surface area contributed by atoms with Gasteiger partial charge in [-0.3, -0.25) is 0 Å². The van der Waals surface area contributed by atoms with Crippen LogP contribution in [-0.2, 0) is 14.2 Å². The Balaban J connectivity index is 1.93. The number of rotatable bonds is 7. The molecule has 100 valence electrons. The first-order chi connectivity index (χ1) is 8.33. The molecule has 1 fully saturated rings. The Morgan fingerprint density at radius 2 is 1.82 bits per heavy atom. The third kappa shape index (κ3) is 7.18. The van der Waals surface area contributed by atoms with E-state index in [4.69, 9.17) is 14.2 Å². The molecular weight excluding hydrogens is 222 g/mol. The van der Waals surface area contributed by atoms with E-state index in [0.717, 1.165) is 12.8 Å². The van der Waals surface area contributed by atoms with Crippen LogP contribution in [0.5, 0.6) is 0 Å². The maximum Gasteiger partial charge on any atom is 0.407 e. The topological polar surface area (TPSA) is 56.8 Å². The van der Waals surface area contributed by atoms with Gasteiger partial charge in [0.1, 0.15) is 6.61 Å². The average Bonchev–Trinajstić information content (AvgIpc) is 2.35. The molecule has 0 saturated heterocycles. The fraction of sp³-hybridized carbons (Fsp3) is 0.917. The van der Waals surface area contributed by atoms with Crippen LogP contribution in [0.25, 0.3) is 0 Å². The molecule has 0 unspecified atom stereocenters. The molecule has 1 N–H and O–H groups in total. The normalized spacial score (nSPS) is 16.8. The van der Waals surface area contributed by atoms with Crippen molar-refractivity contribution in [2.45, 2.75) is 38.1 Å². The Bertz CT molecular complexity index is 205. The Morgan fingerprint density at radius 3 is 2.53 bits per heavy atom. The van der Waals surface area contributed by atoms with Gasteiger partial charge in [0.15, 0.2) is 0 Å². The second kappa shape index (κ2) is 9.24. The van der Waals surface area contributed by atoms with Crippen molar-refractivity contribution in [3.63, 3.8) is 0 Å². The predicted octanol–water partition coefficient (Wildman–Crippen LogP) is 1.71. The molecule has 0 aliphatic heterocycles. The molecule has 5 heteroatoms. The highest BCUT2D eigenvalue weighted by Gasteiger charge is 2.15. The summed E-state index contributed by atoms with van der Waals surface area (Å²) in [6.07, 6.45) is 5.49. The molecule has 5 nitrogen and oxygen atoms in total. The summed E-state index contributed by atoms with van der Waals surface area (Å²) in [5, 5.41) is 2.88. The lowest BCUT2D eigenvalue weighted by Crippen LogP contribution is -2.37. The van der Waals surface area contributed by atoms with Gasteiger partial charge in [0.05, 0.1) is 19.8 Å². The van der Waals surface area contributed by atoms with Crippen LogP contribution in [-0.4, -0.2) is 45.7 Å². The van der Waals surface area contributed by atoms with E-state index in [-0.39, 0.29) is 6.09 Å². The van der Waals surface area contributed by atoms with E-state index in [2.05, 4.69) is 5.32 Å². The highest BCUT2D eigenvalue weighted by molar-refractivity contribution is 5.67. The summed E-state index contributed by atoms with van der Waals surface area (Å²) in [6, 6.07) is 0.297. The number of alkyl carbamates (subject to hydrolysis) is 1. The van der Waals surface area contributed by atoms with Crippen LogP contribution in [0.15, 0.2) is 0 Å². The van der Waals surface area contributed by atoms with E-state index in [1.54, 1.807) is 7.11 Å². The molecule has 1 rings (SSSR count). The lowest BCUT2D eigenvalue weighted by Gasteiger charge is -2.22. The van der Waals surface area contributed by atoms with Crippen LogP contribution in [0.4, 0.5) is 4.79 Å². The largest absolute Gasteiger partial charge is 0.447 e. The zero-order valence-corrected chi connectivity index (χ0v) is 10.6. The number of hydrogen-bond donors (Lipinski definition) is 1. The Labute approximate surface area is 103 Å². The van der Waals surface area contributed by atoms with Crippen molar-refractivity contribution in [2.24, 2.45) is 0 Å². The number of nitrogens with one attached hydrogen (secondary N) is 1. The van der Waals surface area contributed by atoms with Crippen LogP contribution < -0.4 is 5.32 Å². The summed E-state index contributed by atoms with van der Waals surface area (Å²) in [4.78, 5) is 11.4. The van der Waals surface area contributed by atoms with Gasteiger partial charge in [0.2, 0.25) is 0 Å². The molecule has 0 aromatic rings. The predicted molar refractivity (Wildman–Crippen MR) is 64.1 cm³/mol. The van der Waals surface area contributed by atoms with Gasteiger partial charge in [-0.15, -0.1) is 0 Å². The van der Waals surface area contributed by atoms with Crippen molar-refractivity contribution >= 4 is 6.09 Å². The monoisotopic (exact) mass is 245 g/mol. The van der Waals surface area contributed by atoms with Crippen molar-refractivity contribution in [2.75, 3.05) is 33.5 Å². The number of methoxy groups -OCH3 is 1. The third-order valence-corrected chi connectivity index (χ3v) is 2.82. The number of carbonyl (C=O) groups excluding carboxylic acids is 1.